The van der Waals surface area contributed by atoms with Crippen molar-refractivity contribution in [3.8, 4) is 0 Å². The Hall–Kier alpha value is -1.43. The summed E-state index contributed by atoms with van der Waals surface area (Å²) in [5.74, 6) is 0.835. The summed E-state index contributed by atoms with van der Waals surface area (Å²) in [7, 11) is 1.71. The monoisotopic (exact) mass is 224 g/mol. The minimum atomic E-state index is -0.0617. The Balaban J connectivity index is 1.87. The van der Waals surface area contributed by atoms with Crippen LogP contribution in [0.5, 0.6) is 0 Å². The quantitative estimate of drug-likeness (QED) is 0.801. The second kappa shape index (κ2) is 5.07. The van der Waals surface area contributed by atoms with Crippen molar-refractivity contribution in [2.24, 2.45) is 5.92 Å². The zero-order chi connectivity index (χ0) is 11.4. The molecule has 1 fully saturated rings. The van der Waals surface area contributed by atoms with Crippen molar-refractivity contribution in [3.05, 3.63) is 12.2 Å². The summed E-state index contributed by atoms with van der Waals surface area (Å²) in [4.78, 5) is 17.6. The lowest BCUT2D eigenvalue weighted by Crippen LogP contribution is -2.39. The van der Waals surface area contributed by atoms with Gasteiger partial charge in [0.25, 0.3) is 5.91 Å². The molecule has 1 amide bonds. The molecule has 88 valence electrons. The summed E-state index contributed by atoms with van der Waals surface area (Å²) < 4.78 is 5.12. The van der Waals surface area contributed by atoms with Gasteiger partial charge in [0.2, 0.25) is 5.82 Å². The third kappa shape index (κ3) is 2.38. The van der Waals surface area contributed by atoms with Gasteiger partial charge in [-0.05, 0) is 18.8 Å². The van der Waals surface area contributed by atoms with Crippen molar-refractivity contribution in [1.82, 2.24) is 20.1 Å². The molecular formula is C10H16N4O2. The van der Waals surface area contributed by atoms with E-state index in [-0.39, 0.29) is 5.91 Å². The highest BCUT2D eigenvalue weighted by Crippen LogP contribution is 2.18. The summed E-state index contributed by atoms with van der Waals surface area (Å²) in [5.41, 5.74) is 0. The maximum absolute atomic E-state index is 11.9. The van der Waals surface area contributed by atoms with Crippen LogP contribution in [0, 0.1) is 5.92 Å². The van der Waals surface area contributed by atoms with Gasteiger partial charge >= 0.3 is 0 Å². The average Bonchev–Trinajstić information content (AvgIpc) is 2.83. The predicted molar refractivity (Wildman–Crippen MR) is 56.9 cm³/mol. The van der Waals surface area contributed by atoms with Crippen LogP contribution >= 0.6 is 0 Å². The van der Waals surface area contributed by atoms with E-state index in [4.69, 9.17) is 4.74 Å². The number of methoxy groups -OCH3 is 1. The van der Waals surface area contributed by atoms with E-state index in [1.54, 1.807) is 7.11 Å². The standard InChI is InChI=1S/C10H16N4O2/c1-16-6-8-2-4-14(5-3-8)10(15)9-11-7-12-13-9/h7-8H,2-6H2,1H3,(H,11,12,13). The second-order valence-electron chi connectivity index (χ2n) is 4.02. The van der Waals surface area contributed by atoms with E-state index in [9.17, 15) is 4.79 Å². The van der Waals surface area contributed by atoms with E-state index < -0.39 is 0 Å². The first-order valence-corrected chi connectivity index (χ1v) is 5.45. The van der Waals surface area contributed by atoms with E-state index in [2.05, 4.69) is 15.2 Å². The molecule has 1 N–H and O–H groups in total. The molecule has 1 saturated heterocycles. The number of ether oxygens (including phenoxy) is 1. The molecule has 1 aliphatic rings. The smallest absolute Gasteiger partial charge is 0.291 e. The third-order valence-electron chi connectivity index (χ3n) is 2.92. The number of hydrogen-bond donors (Lipinski definition) is 1. The van der Waals surface area contributed by atoms with E-state index in [0.29, 0.717) is 11.7 Å². The van der Waals surface area contributed by atoms with Crippen LogP contribution in [-0.4, -0.2) is 52.8 Å². The first-order valence-electron chi connectivity index (χ1n) is 5.45. The molecule has 2 rings (SSSR count). The number of carbonyl (C=O) groups is 1. The maximum Gasteiger partial charge on any atom is 0.291 e. The van der Waals surface area contributed by atoms with Crippen LogP contribution in [0.3, 0.4) is 0 Å². The van der Waals surface area contributed by atoms with Gasteiger partial charge in [0.05, 0.1) is 0 Å². The Morgan fingerprint density at radius 3 is 2.94 bits per heavy atom. The molecule has 1 aliphatic heterocycles. The Morgan fingerprint density at radius 1 is 1.62 bits per heavy atom. The maximum atomic E-state index is 11.9. The van der Waals surface area contributed by atoms with Crippen LogP contribution in [0.4, 0.5) is 0 Å². The van der Waals surface area contributed by atoms with Crippen molar-refractivity contribution >= 4 is 5.91 Å². The van der Waals surface area contributed by atoms with Crippen LogP contribution < -0.4 is 0 Å². The van der Waals surface area contributed by atoms with E-state index in [1.807, 2.05) is 4.90 Å². The third-order valence-corrected chi connectivity index (χ3v) is 2.92. The molecule has 0 aliphatic carbocycles. The number of hydrogen-bond acceptors (Lipinski definition) is 4. The number of aromatic amines is 1. The molecule has 6 heteroatoms. The summed E-state index contributed by atoms with van der Waals surface area (Å²) in [5, 5.41) is 6.27. The largest absolute Gasteiger partial charge is 0.384 e. The lowest BCUT2D eigenvalue weighted by molar-refractivity contribution is 0.0603. The number of nitrogens with zero attached hydrogens (tertiary/aromatic N) is 3. The van der Waals surface area contributed by atoms with E-state index in [0.717, 1.165) is 32.5 Å². The van der Waals surface area contributed by atoms with Gasteiger partial charge in [-0.25, -0.2) is 4.98 Å². The zero-order valence-corrected chi connectivity index (χ0v) is 9.35. The van der Waals surface area contributed by atoms with Crippen LogP contribution in [0.25, 0.3) is 0 Å². The highest BCUT2D eigenvalue weighted by Gasteiger charge is 2.24. The molecule has 0 atom stereocenters. The lowest BCUT2D eigenvalue weighted by atomic mass is 9.98. The lowest BCUT2D eigenvalue weighted by Gasteiger charge is -2.30. The van der Waals surface area contributed by atoms with Gasteiger partial charge in [0.15, 0.2) is 0 Å². The number of nitrogens with one attached hydrogen (secondary N) is 1. The number of H-pyrrole nitrogens is 1. The van der Waals surface area contributed by atoms with Crippen molar-refractivity contribution in [2.75, 3.05) is 26.8 Å². The highest BCUT2D eigenvalue weighted by atomic mass is 16.5. The molecule has 1 aromatic heterocycles. The number of piperidine rings is 1. The molecule has 0 saturated carbocycles. The molecule has 0 unspecified atom stereocenters. The minimum Gasteiger partial charge on any atom is -0.384 e. The normalized spacial score (nSPS) is 17.7. The number of carbonyl (C=O) groups excluding carboxylic acids is 1. The minimum absolute atomic E-state index is 0.0617. The fourth-order valence-corrected chi connectivity index (χ4v) is 2.00. The van der Waals surface area contributed by atoms with Crippen LogP contribution in [0.2, 0.25) is 0 Å². The molecule has 0 bridgehead atoms. The molecule has 6 nitrogen and oxygen atoms in total. The summed E-state index contributed by atoms with van der Waals surface area (Å²) >= 11 is 0. The van der Waals surface area contributed by atoms with Crippen LogP contribution in [0.1, 0.15) is 23.5 Å². The fourth-order valence-electron chi connectivity index (χ4n) is 2.00. The topological polar surface area (TPSA) is 71.1 Å². The van der Waals surface area contributed by atoms with Crippen molar-refractivity contribution in [3.63, 3.8) is 0 Å². The molecule has 16 heavy (non-hydrogen) atoms. The SMILES string of the molecule is COCC1CCN(C(=O)c2ncn[nH]2)CC1. The van der Waals surface area contributed by atoms with Gasteiger partial charge in [0, 0.05) is 26.8 Å². The molecule has 2 heterocycles. The Kier molecular flexibility index (Phi) is 3.51. The first-order chi connectivity index (χ1) is 7.81. The Bertz CT molecular complexity index is 331. The molecule has 1 aromatic rings. The number of likely N-dealkylation sites (tertiary alicyclic amines) is 1. The Morgan fingerprint density at radius 2 is 2.38 bits per heavy atom. The number of amides is 1. The summed E-state index contributed by atoms with van der Waals surface area (Å²) in [6.45, 7) is 2.32. The van der Waals surface area contributed by atoms with E-state index in [1.165, 1.54) is 6.33 Å². The average molecular weight is 224 g/mol. The molecule has 0 aromatic carbocycles. The van der Waals surface area contributed by atoms with Gasteiger partial charge in [-0.1, -0.05) is 0 Å². The molecule has 0 radical (unpaired) electrons. The van der Waals surface area contributed by atoms with Crippen molar-refractivity contribution in [1.29, 1.82) is 0 Å². The highest BCUT2D eigenvalue weighted by molar-refractivity contribution is 5.90. The number of rotatable bonds is 3. The van der Waals surface area contributed by atoms with Gasteiger partial charge in [-0.15, -0.1) is 0 Å². The second-order valence-corrected chi connectivity index (χ2v) is 4.02. The zero-order valence-electron chi connectivity index (χ0n) is 9.35. The Labute approximate surface area is 94.0 Å². The summed E-state index contributed by atoms with van der Waals surface area (Å²) in [6, 6.07) is 0. The van der Waals surface area contributed by atoms with Crippen molar-refractivity contribution in [2.45, 2.75) is 12.8 Å². The number of aromatic nitrogens is 3. The molecule has 0 spiro atoms. The first kappa shape index (κ1) is 11.1. The summed E-state index contributed by atoms with van der Waals surface area (Å²) in [6.07, 6.45) is 3.34. The van der Waals surface area contributed by atoms with Gasteiger partial charge in [-0.2, -0.15) is 5.10 Å². The van der Waals surface area contributed by atoms with E-state index >= 15 is 0 Å². The molecular weight excluding hydrogens is 208 g/mol. The van der Waals surface area contributed by atoms with Crippen LogP contribution in [0.15, 0.2) is 6.33 Å². The van der Waals surface area contributed by atoms with Gasteiger partial charge in [-0.3, -0.25) is 9.89 Å². The fraction of sp³-hybridized carbons (Fsp3) is 0.700. The van der Waals surface area contributed by atoms with Crippen molar-refractivity contribution < 1.29 is 9.53 Å². The van der Waals surface area contributed by atoms with Crippen LogP contribution in [-0.2, 0) is 4.74 Å². The van der Waals surface area contributed by atoms with Gasteiger partial charge < -0.3 is 9.64 Å². The predicted octanol–water partition coefficient (Wildman–Crippen LogP) is 0.303. The van der Waals surface area contributed by atoms with Gasteiger partial charge in [0.1, 0.15) is 6.33 Å².